The first-order chi connectivity index (χ1) is 16.4. The third kappa shape index (κ3) is 4.65. The molecule has 0 unspecified atom stereocenters. The minimum atomic E-state index is -0.443. The van der Waals surface area contributed by atoms with Crippen LogP contribution in [0.2, 0.25) is 0 Å². The van der Waals surface area contributed by atoms with E-state index in [4.69, 9.17) is 5.73 Å². The van der Waals surface area contributed by atoms with E-state index in [-0.39, 0.29) is 11.6 Å². The first kappa shape index (κ1) is 22.7. The third-order valence-electron chi connectivity index (χ3n) is 5.31. The largest absolute Gasteiger partial charge is 0.382 e. The van der Waals surface area contributed by atoms with Gasteiger partial charge in [-0.3, -0.25) is 9.78 Å². The van der Waals surface area contributed by atoms with E-state index in [1.54, 1.807) is 16.6 Å². The van der Waals surface area contributed by atoms with Gasteiger partial charge in [0, 0.05) is 42.9 Å². The fraction of sp³-hybridized carbons (Fsp3) is 0.208. The van der Waals surface area contributed by atoms with E-state index in [1.165, 1.54) is 18.7 Å². The van der Waals surface area contributed by atoms with Crippen molar-refractivity contribution in [1.82, 2.24) is 19.6 Å². The van der Waals surface area contributed by atoms with Crippen LogP contribution in [0, 0.1) is 0 Å². The number of anilines is 4. The number of nitrogens with one attached hydrogen (secondary N) is 2. The Hall–Kier alpha value is -4.47. The molecular formula is C24H26N8O2. The molecule has 174 valence electrons. The SMILES string of the molecule is CCCc1cc(C(=O)c2cncc(NC(=O)Nc3ccc(N(C)C)cc3)c2)c2c(N)ncnn12. The van der Waals surface area contributed by atoms with Gasteiger partial charge in [-0.1, -0.05) is 13.3 Å². The quantitative estimate of drug-likeness (QED) is 0.361. The summed E-state index contributed by atoms with van der Waals surface area (Å²) in [5.41, 5.74) is 10.2. The van der Waals surface area contributed by atoms with Gasteiger partial charge in [0.15, 0.2) is 11.6 Å². The van der Waals surface area contributed by atoms with Crippen LogP contribution in [0.15, 0.2) is 55.1 Å². The summed E-state index contributed by atoms with van der Waals surface area (Å²) in [5.74, 6) is -0.0557. The van der Waals surface area contributed by atoms with Crippen LogP contribution >= 0.6 is 0 Å². The minimum Gasteiger partial charge on any atom is -0.382 e. The number of urea groups is 1. The number of ketones is 1. The lowest BCUT2D eigenvalue weighted by Gasteiger charge is -2.13. The number of fused-ring (bicyclic) bond motifs is 1. The number of rotatable bonds is 7. The molecule has 0 aliphatic heterocycles. The van der Waals surface area contributed by atoms with Gasteiger partial charge in [0.1, 0.15) is 11.8 Å². The second kappa shape index (κ2) is 9.57. The maximum Gasteiger partial charge on any atom is 0.323 e. The number of hydrogen-bond donors (Lipinski definition) is 3. The van der Waals surface area contributed by atoms with Crippen molar-refractivity contribution >= 4 is 40.2 Å². The summed E-state index contributed by atoms with van der Waals surface area (Å²) >= 11 is 0. The summed E-state index contributed by atoms with van der Waals surface area (Å²) in [7, 11) is 3.89. The summed E-state index contributed by atoms with van der Waals surface area (Å²) in [4.78, 5) is 36.0. The Kier molecular flexibility index (Phi) is 6.39. The van der Waals surface area contributed by atoms with Gasteiger partial charge in [-0.25, -0.2) is 14.3 Å². The Morgan fingerprint density at radius 3 is 2.50 bits per heavy atom. The zero-order valence-electron chi connectivity index (χ0n) is 19.2. The van der Waals surface area contributed by atoms with E-state index in [0.29, 0.717) is 28.0 Å². The summed E-state index contributed by atoms with van der Waals surface area (Å²) in [6, 6.07) is 10.4. The molecule has 0 atom stereocenters. The Morgan fingerprint density at radius 1 is 1.06 bits per heavy atom. The van der Waals surface area contributed by atoms with Gasteiger partial charge in [0.05, 0.1) is 17.4 Å². The highest BCUT2D eigenvalue weighted by atomic mass is 16.2. The first-order valence-electron chi connectivity index (χ1n) is 10.8. The first-order valence-corrected chi connectivity index (χ1v) is 10.8. The third-order valence-corrected chi connectivity index (χ3v) is 5.31. The number of pyridine rings is 1. The molecule has 10 nitrogen and oxygen atoms in total. The second-order valence-electron chi connectivity index (χ2n) is 8.02. The molecule has 4 rings (SSSR count). The van der Waals surface area contributed by atoms with Crippen LogP contribution in [0.4, 0.5) is 27.7 Å². The molecule has 1 aromatic carbocycles. The summed E-state index contributed by atoms with van der Waals surface area (Å²) in [6.45, 7) is 2.05. The number of nitrogen functional groups attached to an aromatic ring is 1. The Balaban J connectivity index is 1.54. The Bertz CT molecular complexity index is 1350. The van der Waals surface area contributed by atoms with E-state index in [9.17, 15) is 9.59 Å². The van der Waals surface area contributed by atoms with Gasteiger partial charge in [0.25, 0.3) is 0 Å². The topological polar surface area (TPSA) is 131 Å². The number of benzene rings is 1. The highest BCUT2D eigenvalue weighted by molar-refractivity contribution is 6.15. The van der Waals surface area contributed by atoms with Crippen LogP contribution in [-0.2, 0) is 6.42 Å². The molecule has 0 saturated heterocycles. The lowest BCUT2D eigenvalue weighted by atomic mass is 10.1. The maximum atomic E-state index is 13.3. The standard InChI is InChI=1S/C24H26N8O2/c1-4-5-19-11-20(21-23(25)27-14-28-32(19)21)22(33)15-10-17(13-26-12-15)30-24(34)29-16-6-8-18(9-7-16)31(2)3/h6-14H,4-5H2,1-3H3,(H2,25,27,28)(H2,29,30,34). The van der Waals surface area contributed by atoms with Gasteiger partial charge in [-0.2, -0.15) is 5.10 Å². The van der Waals surface area contributed by atoms with Crippen molar-refractivity contribution in [3.05, 3.63) is 71.9 Å². The number of aromatic nitrogens is 4. The van der Waals surface area contributed by atoms with E-state index in [2.05, 4.69) is 25.7 Å². The number of hydrogen-bond acceptors (Lipinski definition) is 7. The molecule has 2 amide bonds. The number of carbonyl (C=O) groups excluding carboxylic acids is 2. The lowest BCUT2D eigenvalue weighted by molar-refractivity contribution is 0.104. The van der Waals surface area contributed by atoms with Crippen LogP contribution < -0.4 is 21.3 Å². The molecule has 3 heterocycles. The van der Waals surface area contributed by atoms with Gasteiger partial charge < -0.3 is 21.3 Å². The molecule has 0 aliphatic carbocycles. The van der Waals surface area contributed by atoms with Crippen LogP contribution in [0.3, 0.4) is 0 Å². The fourth-order valence-electron chi connectivity index (χ4n) is 3.66. The number of amides is 2. The zero-order chi connectivity index (χ0) is 24.2. The number of nitrogens with two attached hydrogens (primary N) is 1. The van der Waals surface area contributed by atoms with E-state index in [1.807, 2.05) is 50.2 Å². The Morgan fingerprint density at radius 2 is 1.79 bits per heavy atom. The predicted molar refractivity (Wildman–Crippen MR) is 132 cm³/mol. The van der Waals surface area contributed by atoms with Crippen LogP contribution in [-0.4, -0.2) is 45.5 Å². The van der Waals surface area contributed by atoms with Crippen molar-refractivity contribution in [1.29, 1.82) is 0 Å². The average Bonchev–Trinajstić information content (AvgIpc) is 3.19. The molecule has 4 aromatic rings. The molecule has 0 saturated carbocycles. The molecule has 10 heteroatoms. The van der Waals surface area contributed by atoms with Crippen molar-refractivity contribution in [3.8, 4) is 0 Å². The normalized spacial score (nSPS) is 10.8. The van der Waals surface area contributed by atoms with Crippen molar-refractivity contribution in [2.75, 3.05) is 35.4 Å². The number of aryl methyl sites for hydroxylation is 1. The summed E-state index contributed by atoms with van der Waals surface area (Å²) in [6.07, 6.45) is 5.92. The average molecular weight is 459 g/mol. The number of nitrogens with zero attached hydrogens (tertiary/aromatic N) is 5. The molecule has 0 bridgehead atoms. The van der Waals surface area contributed by atoms with Crippen LogP contribution in [0.5, 0.6) is 0 Å². The van der Waals surface area contributed by atoms with Crippen molar-refractivity contribution < 1.29 is 9.59 Å². The van der Waals surface area contributed by atoms with E-state index >= 15 is 0 Å². The van der Waals surface area contributed by atoms with Gasteiger partial charge in [-0.15, -0.1) is 0 Å². The maximum absolute atomic E-state index is 13.3. The fourth-order valence-corrected chi connectivity index (χ4v) is 3.66. The molecule has 4 N–H and O–H groups in total. The summed E-state index contributed by atoms with van der Waals surface area (Å²) < 4.78 is 1.66. The zero-order valence-corrected chi connectivity index (χ0v) is 19.2. The van der Waals surface area contributed by atoms with E-state index < -0.39 is 6.03 Å². The molecule has 3 aromatic heterocycles. The smallest absolute Gasteiger partial charge is 0.323 e. The predicted octanol–water partition coefficient (Wildman–Crippen LogP) is 3.60. The van der Waals surface area contributed by atoms with Gasteiger partial charge in [0.2, 0.25) is 0 Å². The van der Waals surface area contributed by atoms with Crippen LogP contribution in [0.1, 0.15) is 35.0 Å². The molecule has 0 aliphatic rings. The lowest BCUT2D eigenvalue weighted by Crippen LogP contribution is -2.20. The van der Waals surface area contributed by atoms with Gasteiger partial charge in [-0.05, 0) is 42.8 Å². The molecule has 34 heavy (non-hydrogen) atoms. The van der Waals surface area contributed by atoms with Crippen molar-refractivity contribution in [3.63, 3.8) is 0 Å². The number of carbonyl (C=O) groups is 2. The van der Waals surface area contributed by atoms with Crippen molar-refractivity contribution in [2.24, 2.45) is 0 Å². The van der Waals surface area contributed by atoms with Gasteiger partial charge >= 0.3 is 6.03 Å². The molecular weight excluding hydrogens is 432 g/mol. The highest BCUT2D eigenvalue weighted by Gasteiger charge is 2.21. The monoisotopic (exact) mass is 458 g/mol. The van der Waals surface area contributed by atoms with Crippen LogP contribution in [0.25, 0.3) is 5.52 Å². The highest BCUT2D eigenvalue weighted by Crippen LogP contribution is 2.24. The molecule has 0 fully saturated rings. The summed E-state index contributed by atoms with van der Waals surface area (Å²) in [5, 5.41) is 9.75. The van der Waals surface area contributed by atoms with Crippen molar-refractivity contribution in [2.45, 2.75) is 19.8 Å². The second-order valence-corrected chi connectivity index (χ2v) is 8.02. The molecule has 0 spiro atoms. The minimum absolute atomic E-state index is 0.225. The molecule has 0 radical (unpaired) electrons. The Labute approximate surface area is 196 Å². The van der Waals surface area contributed by atoms with E-state index in [0.717, 1.165) is 24.2 Å².